The zero-order chi connectivity index (χ0) is 11.9. The van der Waals surface area contributed by atoms with Crippen LogP contribution in [0.2, 0.25) is 0 Å². The highest BCUT2D eigenvalue weighted by Gasteiger charge is 2.56. The third kappa shape index (κ3) is 1.75. The van der Waals surface area contributed by atoms with E-state index in [0.29, 0.717) is 0 Å². The van der Waals surface area contributed by atoms with Crippen molar-refractivity contribution >= 4 is 5.84 Å². The summed E-state index contributed by atoms with van der Waals surface area (Å²) in [6.07, 6.45) is -2.01. The molecule has 0 bridgehead atoms. The second-order valence-electron chi connectivity index (χ2n) is 4.25. The van der Waals surface area contributed by atoms with E-state index in [4.69, 9.17) is 29.9 Å². The maximum absolute atomic E-state index is 8.65. The lowest BCUT2D eigenvalue weighted by molar-refractivity contribution is -0.219. The van der Waals surface area contributed by atoms with Crippen LogP contribution in [-0.2, 0) is 18.9 Å². The van der Waals surface area contributed by atoms with Crippen LogP contribution >= 0.6 is 0 Å². The Labute approximate surface area is 93.1 Å². The Hall–Kier alpha value is -0.890. The summed E-state index contributed by atoms with van der Waals surface area (Å²) in [4.78, 5) is 0. The molecule has 2 saturated heterocycles. The van der Waals surface area contributed by atoms with Crippen molar-refractivity contribution in [3.8, 4) is 0 Å². The van der Waals surface area contributed by atoms with Gasteiger partial charge in [0.15, 0.2) is 24.0 Å². The molecular weight excluding hydrogens is 216 g/mol. The molecule has 4 unspecified atom stereocenters. The molecule has 0 radical (unpaired) electrons. The summed E-state index contributed by atoms with van der Waals surface area (Å²) in [5.41, 5.74) is 5.52. The van der Waals surface area contributed by atoms with Gasteiger partial charge in [-0.1, -0.05) is 5.16 Å². The SMILES string of the molecule is COC1OC(/C(N)=N/O)C2OC(C)(C)OC12. The molecule has 0 aromatic carbocycles. The van der Waals surface area contributed by atoms with E-state index >= 15 is 0 Å². The van der Waals surface area contributed by atoms with Crippen molar-refractivity contribution in [3.05, 3.63) is 0 Å². The monoisotopic (exact) mass is 232 g/mol. The van der Waals surface area contributed by atoms with E-state index in [2.05, 4.69) is 5.16 Å². The zero-order valence-corrected chi connectivity index (χ0v) is 9.41. The summed E-state index contributed by atoms with van der Waals surface area (Å²) >= 11 is 0. The van der Waals surface area contributed by atoms with Crippen LogP contribution in [0.5, 0.6) is 0 Å². The first-order valence-corrected chi connectivity index (χ1v) is 5.00. The highest BCUT2D eigenvalue weighted by Crippen LogP contribution is 2.38. The molecule has 2 aliphatic rings. The molecule has 92 valence electrons. The average Bonchev–Trinajstić information content (AvgIpc) is 2.69. The van der Waals surface area contributed by atoms with E-state index in [9.17, 15) is 0 Å². The number of oxime groups is 1. The quantitative estimate of drug-likeness (QED) is 0.292. The summed E-state index contributed by atoms with van der Waals surface area (Å²) in [5.74, 6) is -0.764. The number of fused-ring (bicyclic) bond motifs is 1. The lowest BCUT2D eigenvalue weighted by Crippen LogP contribution is -2.40. The Kier molecular flexibility index (Phi) is 2.79. The summed E-state index contributed by atoms with van der Waals surface area (Å²) in [6, 6.07) is 0. The van der Waals surface area contributed by atoms with E-state index in [1.807, 2.05) is 0 Å². The molecule has 0 spiro atoms. The van der Waals surface area contributed by atoms with E-state index in [0.717, 1.165) is 0 Å². The Morgan fingerprint density at radius 1 is 1.38 bits per heavy atom. The molecule has 4 atom stereocenters. The topological polar surface area (TPSA) is 95.5 Å². The fraction of sp³-hybridized carbons (Fsp3) is 0.889. The van der Waals surface area contributed by atoms with Gasteiger partial charge in [0, 0.05) is 7.11 Å². The molecule has 16 heavy (non-hydrogen) atoms. The number of nitrogens with two attached hydrogens (primary N) is 1. The van der Waals surface area contributed by atoms with Gasteiger partial charge in [-0.05, 0) is 13.8 Å². The fourth-order valence-corrected chi connectivity index (χ4v) is 2.05. The minimum Gasteiger partial charge on any atom is -0.409 e. The van der Waals surface area contributed by atoms with Crippen molar-refractivity contribution in [2.45, 2.75) is 44.2 Å². The van der Waals surface area contributed by atoms with Crippen LogP contribution in [0.15, 0.2) is 5.16 Å². The van der Waals surface area contributed by atoms with Gasteiger partial charge in [-0.15, -0.1) is 0 Å². The minimum absolute atomic E-state index is 0.0455. The summed E-state index contributed by atoms with van der Waals surface area (Å²) in [7, 11) is 1.51. The molecule has 0 aromatic heterocycles. The Balaban J connectivity index is 2.20. The normalized spacial score (nSPS) is 42.3. The molecular formula is C9H16N2O5. The molecule has 0 aromatic rings. The Morgan fingerprint density at radius 2 is 2.00 bits per heavy atom. The molecule has 0 aliphatic carbocycles. The number of hydrogen-bond acceptors (Lipinski definition) is 6. The molecule has 2 aliphatic heterocycles. The zero-order valence-electron chi connectivity index (χ0n) is 9.41. The van der Waals surface area contributed by atoms with Crippen LogP contribution in [0.4, 0.5) is 0 Å². The number of rotatable bonds is 2. The summed E-state index contributed by atoms with van der Waals surface area (Å²) in [6.45, 7) is 3.59. The number of methoxy groups -OCH3 is 1. The van der Waals surface area contributed by atoms with Gasteiger partial charge < -0.3 is 29.9 Å². The van der Waals surface area contributed by atoms with E-state index in [1.165, 1.54) is 7.11 Å². The van der Waals surface area contributed by atoms with Gasteiger partial charge in [-0.25, -0.2) is 0 Å². The predicted molar refractivity (Wildman–Crippen MR) is 52.9 cm³/mol. The lowest BCUT2D eigenvalue weighted by atomic mass is 10.1. The first-order chi connectivity index (χ1) is 7.48. The second-order valence-corrected chi connectivity index (χ2v) is 4.25. The fourth-order valence-electron chi connectivity index (χ4n) is 2.05. The van der Waals surface area contributed by atoms with Crippen LogP contribution < -0.4 is 5.73 Å². The van der Waals surface area contributed by atoms with Gasteiger partial charge in [-0.2, -0.15) is 0 Å². The van der Waals surface area contributed by atoms with Gasteiger partial charge >= 0.3 is 0 Å². The van der Waals surface area contributed by atoms with Gasteiger partial charge in [-0.3, -0.25) is 0 Å². The summed E-state index contributed by atoms with van der Waals surface area (Å²) in [5, 5.41) is 11.6. The third-order valence-electron chi connectivity index (χ3n) is 2.65. The average molecular weight is 232 g/mol. The van der Waals surface area contributed by atoms with Crippen LogP contribution in [0.3, 0.4) is 0 Å². The van der Waals surface area contributed by atoms with Crippen molar-refractivity contribution in [3.63, 3.8) is 0 Å². The molecule has 7 nitrogen and oxygen atoms in total. The van der Waals surface area contributed by atoms with Crippen molar-refractivity contribution in [2.75, 3.05) is 7.11 Å². The molecule has 2 heterocycles. The molecule has 2 rings (SSSR count). The van der Waals surface area contributed by atoms with Crippen molar-refractivity contribution in [2.24, 2.45) is 10.9 Å². The highest BCUT2D eigenvalue weighted by molar-refractivity contribution is 5.85. The van der Waals surface area contributed by atoms with Gasteiger partial charge in [0.05, 0.1) is 0 Å². The Bertz CT molecular complexity index is 306. The first kappa shape index (κ1) is 11.6. The van der Waals surface area contributed by atoms with Crippen LogP contribution in [-0.4, -0.2) is 48.5 Å². The third-order valence-corrected chi connectivity index (χ3v) is 2.65. The standard InChI is InChI=1S/C9H16N2O5/c1-9(2)15-4-5(7(10)11-12)14-8(13-3)6(4)16-9/h4-6,8,12H,1-3H3,(H2,10,11). The molecule has 0 amide bonds. The van der Waals surface area contributed by atoms with E-state index in [-0.39, 0.29) is 11.9 Å². The minimum atomic E-state index is -0.718. The Morgan fingerprint density at radius 3 is 2.56 bits per heavy atom. The smallest absolute Gasteiger partial charge is 0.187 e. The second kappa shape index (κ2) is 3.85. The predicted octanol–water partition coefficient (Wildman–Crippen LogP) is -0.376. The molecule has 0 saturated carbocycles. The molecule has 7 heteroatoms. The number of nitrogens with zero attached hydrogens (tertiary/aromatic N) is 1. The summed E-state index contributed by atoms with van der Waals surface area (Å²) < 4.78 is 21.8. The highest BCUT2D eigenvalue weighted by atomic mass is 16.8. The lowest BCUT2D eigenvalue weighted by Gasteiger charge is -2.22. The van der Waals surface area contributed by atoms with Crippen LogP contribution in [0.25, 0.3) is 0 Å². The van der Waals surface area contributed by atoms with Gasteiger partial charge in [0.2, 0.25) is 0 Å². The maximum atomic E-state index is 8.65. The molecule has 2 fully saturated rings. The van der Waals surface area contributed by atoms with Crippen LogP contribution in [0, 0.1) is 0 Å². The van der Waals surface area contributed by atoms with E-state index < -0.39 is 24.3 Å². The number of ether oxygens (including phenoxy) is 4. The number of hydrogen-bond donors (Lipinski definition) is 2. The van der Waals surface area contributed by atoms with Crippen molar-refractivity contribution in [1.29, 1.82) is 0 Å². The van der Waals surface area contributed by atoms with Gasteiger partial charge in [0.1, 0.15) is 12.2 Å². The van der Waals surface area contributed by atoms with E-state index in [1.54, 1.807) is 13.8 Å². The largest absolute Gasteiger partial charge is 0.409 e. The van der Waals surface area contributed by atoms with Crippen molar-refractivity contribution < 1.29 is 24.2 Å². The van der Waals surface area contributed by atoms with Crippen molar-refractivity contribution in [1.82, 2.24) is 0 Å². The van der Waals surface area contributed by atoms with Crippen LogP contribution in [0.1, 0.15) is 13.8 Å². The maximum Gasteiger partial charge on any atom is 0.187 e. The number of amidine groups is 1. The first-order valence-electron chi connectivity index (χ1n) is 5.00. The molecule has 3 N–H and O–H groups in total. The van der Waals surface area contributed by atoms with Gasteiger partial charge in [0.25, 0.3) is 0 Å².